The third-order valence-electron chi connectivity index (χ3n) is 5.85. The van der Waals surface area contributed by atoms with E-state index in [2.05, 4.69) is 49.4 Å². The Morgan fingerprint density at radius 1 is 1.28 bits per heavy atom. The SMILES string of the molecule is N#Cc1cnc(N2CCN(Cc3ccc4c(c3)NC(=O)C3CCCN=C43)CC2)s1. The van der Waals surface area contributed by atoms with Crippen LogP contribution in [0.15, 0.2) is 29.4 Å². The van der Waals surface area contributed by atoms with E-state index >= 15 is 0 Å². The fourth-order valence-electron chi connectivity index (χ4n) is 4.32. The van der Waals surface area contributed by atoms with Gasteiger partial charge in [0, 0.05) is 44.8 Å². The van der Waals surface area contributed by atoms with Gasteiger partial charge in [0.1, 0.15) is 10.9 Å². The molecule has 0 spiro atoms. The summed E-state index contributed by atoms with van der Waals surface area (Å²) in [5.41, 5.74) is 4.15. The maximum absolute atomic E-state index is 12.5. The van der Waals surface area contributed by atoms with Crippen LogP contribution in [-0.4, -0.2) is 54.2 Å². The molecule has 1 unspecified atom stereocenters. The smallest absolute Gasteiger partial charge is 0.233 e. The van der Waals surface area contributed by atoms with E-state index in [1.165, 1.54) is 16.9 Å². The van der Waals surface area contributed by atoms with E-state index in [1.54, 1.807) is 6.20 Å². The molecule has 0 bridgehead atoms. The number of nitriles is 1. The zero-order valence-electron chi connectivity index (χ0n) is 16.1. The molecule has 1 fully saturated rings. The number of amides is 1. The first-order chi connectivity index (χ1) is 14.2. The van der Waals surface area contributed by atoms with Gasteiger partial charge in [0.25, 0.3) is 0 Å². The molecule has 1 atom stereocenters. The molecule has 8 heteroatoms. The van der Waals surface area contributed by atoms with Crippen molar-refractivity contribution < 1.29 is 4.79 Å². The number of piperazine rings is 1. The van der Waals surface area contributed by atoms with Crippen LogP contribution in [0.25, 0.3) is 0 Å². The van der Waals surface area contributed by atoms with Crippen LogP contribution in [0.1, 0.15) is 28.8 Å². The van der Waals surface area contributed by atoms with Crippen molar-refractivity contribution in [1.29, 1.82) is 5.26 Å². The first-order valence-corrected chi connectivity index (χ1v) is 10.8. The molecule has 0 saturated carbocycles. The zero-order valence-corrected chi connectivity index (χ0v) is 16.9. The van der Waals surface area contributed by atoms with Crippen LogP contribution in [0.4, 0.5) is 10.8 Å². The highest BCUT2D eigenvalue weighted by molar-refractivity contribution is 7.16. The summed E-state index contributed by atoms with van der Waals surface area (Å²) in [5, 5.41) is 13.0. The van der Waals surface area contributed by atoms with E-state index in [4.69, 9.17) is 5.26 Å². The van der Waals surface area contributed by atoms with Gasteiger partial charge in [-0.05, 0) is 24.5 Å². The van der Waals surface area contributed by atoms with Crippen molar-refractivity contribution in [2.75, 3.05) is 42.9 Å². The van der Waals surface area contributed by atoms with Crippen LogP contribution in [-0.2, 0) is 11.3 Å². The Morgan fingerprint density at radius 2 is 2.14 bits per heavy atom. The summed E-state index contributed by atoms with van der Waals surface area (Å²) < 4.78 is 0. The summed E-state index contributed by atoms with van der Waals surface area (Å²) in [4.78, 5) is 26.8. The van der Waals surface area contributed by atoms with Crippen molar-refractivity contribution in [3.63, 3.8) is 0 Å². The lowest BCUT2D eigenvalue weighted by atomic mass is 9.85. The number of aliphatic imine (C=N–C) groups is 1. The minimum atomic E-state index is -0.0809. The highest BCUT2D eigenvalue weighted by atomic mass is 32.1. The van der Waals surface area contributed by atoms with Gasteiger partial charge in [-0.3, -0.25) is 14.7 Å². The second-order valence-electron chi connectivity index (χ2n) is 7.71. The number of carbonyl (C=O) groups is 1. The van der Waals surface area contributed by atoms with E-state index in [-0.39, 0.29) is 11.8 Å². The first-order valence-electron chi connectivity index (χ1n) is 10.0. The first kappa shape index (κ1) is 18.3. The van der Waals surface area contributed by atoms with Gasteiger partial charge in [0.15, 0.2) is 5.13 Å². The zero-order chi connectivity index (χ0) is 19.8. The molecule has 1 saturated heterocycles. The number of anilines is 2. The number of rotatable bonds is 3. The Labute approximate surface area is 173 Å². The van der Waals surface area contributed by atoms with Crippen molar-refractivity contribution in [2.24, 2.45) is 10.9 Å². The predicted molar refractivity (Wildman–Crippen MR) is 114 cm³/mol. The summed E-state index contributed by atoms with van der Waals surface area (Å²) in [6, 6.07) is 8.54. The minimum Gasteiger partial charge on any atom is -0.345 e. The molecule has 0 radical (unpaired) electrons. The fraction of sp³-hybridized carbons (Fsp3) is 0.429. The van der Waals surface area contributed by atoms with Crippen LogP contribution in [0, 0.1) is 17.2 Å². The molecule has 0 aliphatic carbocycles. The van der Waals surface area contributed by atoms with Crippen LogP contribution in [0.2, 0.25) is 0 Å². The lowest BCUT2D eigenvalue weighted by molar-refractivity contribution is -0.118. The number of fused-ring (bicyclic) bond motifs is 3. The van der Waals surface area contributed by atoms with E-state index in [1.807, 2.05) is 0 Å². The predicted octanol–water partition coefficient (Wildman–Crippen LogP) is 2.49. The van der Waals surface area contributed by atoms with Gasteiger partial charge >= 0.3 is 0 Å². The molecule has 1 amide bonds. The van der Waals surface area contributed by atoms with Crippen LogP contribution in [0.5, 0.6) is 0 Å². The quantitative estimate of drug-likeness (QED) is 0.847. The van der Waals surface area contributed by atoms with Gasteiger partial charge in [-0.25, -0.2) is 4.98 Å². The third kappa shape index (κ3) is 3.52. The second kappa shape index (κ2) is 7.58. The van der Waals surface area contributed by atoms with Gasteiger partial charge in [-0.15, -0.1) is 0 Å². The van der Waals surface area contributed by atoms with Gasteiger partial charge < -0.3 is 10.2 Å². The molecule has 5 rings (SSSR count). The Balaban J connectivity index is 1.25. The Hall–Kier alpha value is -2.76. The topological polar surface area (TPSA) is 84.6 Å². The van der Waals surface area contributed by atoms with E-state index < -0.39 is 0 Å². The average molecular weight is 407 g/mol. The molecule has 7 nitrogen and oxygen atoms in total. The van der Waals surface area contributed by atoms with E-state index in [9.17, 15) is 4.79 Å². The van der Waals surface area contributed by atoms with Crippen molar-refractivity contribution in [1.82, 2.24) is 9.88 Å². The van der Waals surface area contributed by atoms with Gasteiger partial charge in [0.2, 0.25) is 5.91 Å². The molecular formula is C21H22N6OS. The fourth-order valence-corrected chi connectivity index (χ4v) is 5.09. The molecular weight excluding hydrogens is 384 g/mol. The number of nitrogens with zero attached hydrogens (tertiary/aromatic N) is 5. The maximum Gasteiger partial charge on any atom is 0.233 e. The van der Waals surface area contributed by atoms with Crippen LogP contribution < -0.4 is 10.2 Å². The standard InChI is InChI=1S/C21H22N6OS/c22-11-15-12-24-21(29-15)27-8-6-26(7-9-27)13-14-3-4-16-18(10-14)25-20(28)17-2-1-5-23-19(16)17/h3-4,10,12,17H,1-2,5-9,13H2,(H,25,28). The largest absolute Gasteiger partial charge is 0.345 e. The van der Waals surface area contributed by atoms with Crippen molar-refractivity contribution in [3.05, 3.63) is 40.4 Å². The molecule has 2 aromatic rings. The molecule has 1 aromatic heterocycles. The Bertz CT molecular complexity index is 1010. The van der Waals surface area contributed by atoms with Crippen molar-refractivity contribution >= 4 is 33.8 Å². The molecule has 3 aliphatic rings. The lowest BCUT2D eigenvalue weighted by Crippen LogP contribution is -2.46. The number of nitrogens with one attached hydrogen (secondary N) is 1. The summed E-state index contributed by atoms with van der Waals surface area (Å²) in [6.07, 6.45) is 3.53. The summed E-state index contributed by atoms with van der Waals surface area (Å²) >= 11 is 1.45. The average Bonchev–Trinajstić information content (AvgIpc) is 3.24. The Morgan fingerprint density at radius 3 is 2.93 bits per heavy atom. The van der Waals surface area contributed by atoms with Crippen LogP contribution >= 0.6 is 11.3 Å². The number of thiazole rings is 1. The van der Waals surface area contributed by atoms with Crippen LogP contribution in [0.3, 0.4) is 0 Å². The maximum atomic E-state index is 12.5. The molecule has 148 valence electrons. The molecule has 1 N–H and O–H groups in total. The second-order valence-corrected chi connectivity index (χ2v) is 8.72. The number of carbonyl (C=O) groups excluding carboxylic acids is 1. The molecule has 29 heavy (non-hydrogen) atoms. The summed E-state index contributed by atoms with van der Waals surface area (Å²) in [5.74, 6) is 0.00416. The van der Waals surface area contributed by atoms with E-state index in [0.29, 0.717) is 4.88 Å². The summed E-state index contributed by atoms with van der Waals surface area (Å²) in [6.45, 7) is 5.37. The lowest BCUT2D eigenvalue weighted by Gasteiger charge is -2.35. The molecule has 4 heterocycles. The minimum absolute atomic E-state index is 0.0809. The third-order valence-corrected chi connectivity index (χ3v) is 6.81. The number of hydrogen-bond donors (Lipinski definition) is 1. The Kier molecular flexibility index (Phi) is 4.78. The number of benzene rings is 1. The number of hydrogen-bond acceptors (Lipinski definition) is 7. The monoisotopic (exact) mass is 406 g/mol. The number of aromatic nitrogens is 1. The van der Waals surface area contributed by atoms with E-state index in [0.717, 1.165) is 74.2 Å². The molecule has 1 aromatic carbocycles. The van der Waals surface area contributed by atoms with Gasteiger partial charge in [0.05, 0.1) is 23.5 Å². The van der Waals surface area contributed by atoms with Gasteiger partial charge in [-0.1, -0.05) is 23.5 Å². The van der Waals surface area contributed by atoms with Gasteiger partial charge in [-0.2, -0.15) is 5.26 Å². The highest BCUT2D eigenvalue weighted by Crippen LogP contribution is 2.32. The summed E-state index contributed by atoms with van der Waals surface area (Å²) in [7, 11) is 0. The van der Waals surface area contributed by atoms with Crippen molar-refractivity contribution in [3.8, 4) is 6.07 Å². The normalized spacial score (nSPS) is 21.6. The highest BCUT2D eigenvalue weighted by Gasteiger charge is 2.33. The molecule has 3 aliphatic heterocycles. The van der Waals surface area contributed by atoms with Crippen molar-refractivity contribution in [2.45, 2.75) is 19.4 Å².